The Morgan fingerprint density at radius 1 is 1.25 bits per heavy atom. The minimum atomic E-state index is -3.26. The lowest BCUT2D eigenvalue weighted by Crippen LogP contribution is -2.33. The van der Waals surface area contributed by atoms with Crippen LogP contribution in [0.15, 0.2) is 0 Å². The molecule has 0 aliphatic carbocycles. The normalized spacial score (nSPS) is 13.2. The molecule has 0 atom stereocenters. The largest absolute Gasteiger partial charge is 0.221 e. The smallest absolute Gasteiger partial charge is 0.214 e. The molecule has 0 bridgehead atoms. The summed E-state index contributed by atoms with van der Waals surface area (Å²) in [6.45, 7) is 2.69. The van der Waals surface area contributed by atoms with Gasteiger partial charge in [-0.2, -0.15) is 0 Å². The first-order valence-corrected chi connectivity index (χ1v) is 9.33. The van der Waals surface area contributed by atoms with Crippen molar-refractivity contribution < 1.29 is 16.8 Å². The highest BCUT2D eigenvalue weighted by Gasteiger charge is 2.14. The molecule has 1 N–H and O–H groups in total. The molecule has 0 saturated carbocycles. The minimum Gasteiger partial charge on any atom is -0.214 e. The van der Waals surface area contributed by atoms with Gasteiger partial charge in [-0.15, -0.1) is 0 Å². The van der Waals surface area contributed by atoms with E-state index in [9.17, 15) is 16.8 Å². The maximum absolute atomic E-state index is 11.2. The fraction of sp³-hybridized carbons (Fsp3) is 1.00. The monoisotopic (exact) mass is 336 g/mol. The number of halogens is 1. The molecule has 0 amide bonds. The van der Waals surface area contributed by atoms with Crippen LogP contribution in [0.25, 0.3) is 0 Å². The molecule has 16 heavy (non-hydrogen) atoms. The molecule has 0 aliphatic rings. The Kier molecular flexibility index (Phi) is 7.03. The third kappa shape index (κ3) is 6.79. The summed E-state index contributed by atoms with van der Waals surface area (Å²) in [5.74, 6) is 0. The lowest BCUT2D eigenvalue weighted by atomic mass is 10.4. The van der Waals surface area contributed by atoms with E-state index in [0.717, 1.165) is 6.26 Å². The van der Waals surface area contributed by atoms with Crippen molar-refractivity contribution in [1.29, 1.82) is 0 Å². The minimum absolute atomic E-state index is 0.149. The molecule has 0 spiro atoms. The second kappa shape index (κ2) is 6.90. The summed E-state index contributed by atoms with van der Waals surface area (Å²) in [6.07, 6.45) is 1.59. The fourth-order valence-electron chi connectivity index (χ4n) is 1.08. The van der Waals surface area contributed by atoms with Crippen LogP contribution in [-0.2, 0) is 20.0 Å². The fourth-order valence-corrected chi connectivity index (χ4v) is 3.03. The van der Waals surface area contributed by atoms with Gasteiger partial charge in [0, 0.05) is 19.6 Å². The lowest BCUT2D eigenvalue weighted by Gasteiger charge is -2.17. The van der Waals surface area contributed by atoms with Crippen LogP contribution in [0.4, 0.5) is 0 Å². The topological polar surface area (TPSA) is 83.6 Å². The van der Waals surface area contributed by atoms with Crippen LogP contribution < -0.4 is 4.72 Å². The zero-order valence-electron chi connectivity index (χ0n) is 9.31. The van der Waals surface area contributed by atoms with Crippen molar-refractivity contribution in [3.05, 3.63) is 0 Å². The number of hydrogen-bond donors (Lipinski definition) is 1. The third-order valence-corrected chi connectivity index (χ3v) is 5.99. The average molecular weight is 337 g/mol. The maximum Gasteiger partial charge on any atom is 0.221 e. The zero-order valence-corrected chi connectivity index (χ0v) is 12.5. The van der Waals surface area contributed by atoms with Crippen LogP contribution in [0.5, 0.6) is 0 Å². The number of nitrogens with one attached hydrogen (secondary N) is 1. The highest BCUT2D eigenvalue weighted by Crippen LogP contribution is 1.99. The van der Waals surface area contributed by atoms with E-state index >= 15 is 0 Å². The van der Waals surface area contributed by atoms with Gasteiger partial charge >= 0.3 is 0 Å². The molecular weight excluding hydrogens is 320 g/mol. The van der Waals surface area contributed by atoms with Gasteiger partial charge in [0.15, 0.2) is 0 Å². The lowest BCUT2D eigenvalue weighted by molar-refractivity contribution is 0.424. The van der Waals surface area contributed by atoms with E-state index in [1.54, 1.807) is 6.92 Å². The highest BCUT2D eigenvalue weighted by molar-refractivity contribution is 9.10. The summed E-state index contributed by atoms with van der Waals surface area (Å²) in [4.78, 5) is 0. The molecule has 0 radical (unpaired) electrons. The Balaban J connectivity index is 4.00. The second-order valence-corrected chi connectivity index (χ2v) is 8.32. The van der Waals surface area contributed by atoms with Crippen molar-refractivity contribution in [2.75, 3.05) is 30.6 Å². The number of rotatable bonds is 8. The summed E-state index contributed by atoms with van der Waals surface area (Å²) in [5, 5.41) is 0. The summed E-state index contributed by atoms with van der Waals surface area (Å²) >= 11 is 2.84. The first kappa shape index (κ1) is 16.3. The quantitative estimate of drug-likeness (QED) is 0.496. The summed E-state index contributed by atoms with van der Waals surface area (Å²) in [7, 11) is -6.45. The van der Waals surface area contributed by atoms with E-state index in [-0.39, 0.29) is 11.2 Å². The summed E-state index contributed by atoms with van der Waals surface area (Å²) in [6, 6.07) is 0. The molecule has 0 aromatic rings. The third-order valence-electron chi connectivity index (χ3n) is 1.87. The van der Waals surface area contributed by atoms with E-state index in [1.807, 2.05) is 0 Å². The standard InChI is InChI=1S/C7H17BrN2O4S2/c1-3-10(15(2,11)12)6-4-5-9-16(13,14)7-8/h9H,3-7H2,1-2H3. The molecule has 6 nitrogen and oxygen atoms in total. The van der Waals surface area contributed by atoms with Crippen LogP contribution in [0.3, 0.4) is 0 Å². The van der Waals surface area contributed by atoms with E-state index in [4.69, 9.17) is 0 Å². The van der Waals surface area contributed by atoms with Crippen molar-refractivity contribution in [2.24, 2.45) is 0 Å². The van der Waals surface area contributed by atoms with Gasteiger partial charge in [-0.1, -0.05) is 22.9 Å². The van der Waals surface area contributed by atoms with Crippen molar-refractivity contribution >= 4 is 36.0 Å². The first-order chi connectivity index (χ1) is 7.23. The van der Waals surface area contributed by atoms with Crippen LogP contribution >= 0.6 is 15.9 Å². The van der Waals surface area contributed by atoms with Gasteiger partial charge in [0.05, 0.1) is 6.26 Å². The van der Waals surface area contributed by atoms with Gasteiger partial charge in [0.1, 0.15) is 4.66 Å². The van der Waals surface area contributed by atoms with Crippen LogP contribution in [0.1, 0.15) is 13.3 Å². The Morgan fingerprint density at radius 3 is 2.19 bits per heavy atom. The van der Waals surface area contributed by atoms with E-state index in [2.05, 4.69) is 20.7 Å². The highest BCUT2D eigenvalue weighted by atomic mass is 79.9. The van der Waals surface area contributed by atoms with Crippen molar-refractivity contribution in [3.8, 4) is 0 Å². The number of nitrogens with zero attached hydrogens (tertiary/aromatic N) is 1. The predicted octanol–water partition coefficient (Wildman–Crippen LogP) is -0.0702. The summed E-state index contributed by atoms with van der Waals surface area (Å²) < 4.78 is 47.9. The van der Waals surface area contributed by atoms with Gasteiger partial charge < -0.3 is 0 Å². The maximum atomic E-state index is 11.2. The number of hydrogen-bond acceptors (Lipinski definition) is 4. The van der Waals surface area contributed by atoms with Gasteiger partial charge in [0.25, 0.3) is 0 Å². The van der Waals surface area contributed by atoms with Crippen LogP contribution in [0, 0.1) is 0 Å². The Hall–Kier alpha value is 0.300. The van der Waals surface area contributed by atoms with Gasteiger partial charge in [0.2, 0.25) is 20.0 Å². The van der Waals surface area contributed by atoms with Crippen molar-refractivity contribution in [3.63, 3.8) is 0 Å². The Morgan fingerprint density at radius 2 is 1.81 bits per heavy atom. The Bertz CT molecular complexity index is 393. The second-order valence-electron chi connectivity index (χ2n) is 3.23. The molecule has 0 aromatic heterocycles. The Labute approximate surface area is 106 Å². The average Bonchev–Trinajstić information content (AvgIpc) is 2.15. The molecule has 9 heteroatoms. The van der Waals surface area contributed by atoms with Gasteiger partial charge in [-0.3, -0.25) is 0 Å². The van der Waals surface area contributed by atoms with Gasteiger partial charge in [-0.25, -0.2) is 25.9 Å². The molecule has 0 aliphatic heterocycles. The molecule has 0 unspecified atom stereocenters. The van der Waals surface area contributed by atoms with Gasteiger partial charge in [-0.05, 0) is 6.42 Å². The molecule has 98 valence electrons. The van der Waals surface area contributed by atoms with Crippen LogP contribution in [0.2, 0.25) is 0 Å². The van der Waals surface area contributed by atoms with E-state index in [1.165, 1.54) is 4.31 Å². The first-order valence-electron chi connectivity index (χ1n) is 4.71. The SMILES string of the molecule is CCN(CCCNS(=O)(=O)CBr)S(C)(=O)=O. The van der Waals surface area contributed by atoms with Crippen LogP contribution in [-0.4, -0.2) is 51.7 Å². The summed E-state index contributed by atoms with van der Waals surface area (Å²) in [5.41, 5.74) is 0. The van der Waals surface area contributed by atoms with E-state index in [0.29, 0.717) is 19.5 Å². The number of sulfonamides is 2. The molecule has 0 aromatic carbocycles. The number of alkyl halides is 1. The predicted molar refractivity (Wildman–Crippen MR) is 67.4 cm³/mol. The van der Waals surface area contributed by atoms with Crippen molar-refractivity contribution in [2.45, 2.75) is 13.3 Å². The molecule has 0 rings (SSSR count). The molecule has 0 fully saturated rings. The molecular formula is C7H17BrN2O4S2. The molecule has 0 saturated heterocycles. The van der Waals surface area contributed by atoms with Crippen molar-refractivity contribution in [1.82, 2.24) is 9.03 Å². The zero-order chi connectivity index (χ0) is 12.8. The molecule has 0 heterocycles. The van der Waals surface area contributed by atoms with E-state index < -0.39 is 20.0 Å².